The second kappa shape index (κ2) is 7.02. The highest BCUT2D eigenvalue weighted by molar-refractivity contribution is 5.57. The standard InChI is InChI=1S/C15H23FN2O2/c1-3-17-11(2)13-5-4-6-14(16)15(13)18-7-8-20-10-12(18)9-19/h4-6,11-12,17,19H,3,7-10H2,1-2H3. The lowest BCUT2D eigenvalue weighted by molar-refractivity contribution is 0.0722. The van der Waals surface area contributed by atoms with Crippen molar-refractivity contribution in [3.8, 4) is 0 Å². The maximum absolute atomic E-state index is 14.4. The molecule has 2 unspecified atom stereocenters. The Morgan fingerprint density at radius 2 is 2.35 bits per heavy atom. The number of morpholine rings is 1. The van der Waals surface area contributed by atoms with Crippen LogP contribution in [0.4, 0.5) is 10.1 Å². The minimum atomic E-state index is -0.243. The monoisotopic (exact) mass is 282 g/mol. The van der Waals surface area contributed by atoms with Crippen molar-refractivity contribution >= 4 is 5.69 Å². The van der Waals surface area contributed by atoms with Crippen molar-refractivity contribution in [1.29, 1.82) is 0 Å². The number of ether oxygens (including phenoxy) is 1. The smallest absolute Gasteiger partial charge is 0.146 e. The number of aliphatic hydroxyl groups excluding tert-OH is 1. The number of para-hydroxylation sites is 1. The molecular formula is C15H23FN2O2. The Kier molecular flexibility index (Phi) is 5.34. The van der Waals surface area contributed by atoms with Gasteiger partial charge in [0, 0.05) is 12.6 Å². The third-order valence-corrected chi connectivity index (χ3v) is 3.72. The molecule has 0 saturated carbocycles. The molecule has 2 N–H and O–H groups in total. The normalized spacial score (nSPS) is 21.0. The second-order valence-electron chi connectivity index (χ2n) is 5.06. The number of anilines is 1. The highest BCUT2D eigenvalue weighted by atomic mass is 19.1. The molecule has 5 heteroatoms. The molecule has 1 aliphatic heterocycles. The first kappa shape index (κ1) is 15.2. The van der Waals surface area contributed by atoms with Gasteiger partial charge in [-0.2, -0.15) is 0 Å². The average Bonchev–Trinajstić information content (AvgIpc) is 2.47. The summed E-state index contributed by atoms with van der Waals surface area (Å²) in [6.45, 7) is 6.42. The van der Waals surface area contributed by atoms with Crippen molar-refractivity contribution < 1.29 is 14.2 Å². The molecular weight excluding hydrogens is 259 g/mol. The number of hydrogen-bond acceptors (Lipinski definition) is 4. The first-order chi connectivity index (χ1) is 9.69. The van der Waals surface area contributed by atoms with Gasteiger partial charge in [0.2, 0.25) is 0 Å². The van der Waals surface area contributed by atoms with E-state index >= 15 is 0 Å². The Balaban J connectivity index is 2.37. The van der Waals surface area contributed by atoms with Crippen LogP contribution in [0.25, 0.3) is 0 Å². The summed E-state index contributed by atoms with van der Waals surface area (Å²) in [4.78, 5) is 1.93. The number of benzene rings is 1. The fourth-order valence-electron chi connectivity index (χ4n) is 2.70. The van der Waals surface area contributed by atoms with Gasteiger partial charge >= 0.3 is 0 Å². The summed E-state index contributed by atoms with van der Waals surface area (Å²) in [5.74, 6) is -0.243. The summed E-state index contributed by atoms with van der Waals surface area (Å²) >= 11 is 0. The summed E-state index contributed by atoms with van der Waals surface area (Å²) < 4.78 is 19.7. The van der Waals surface area contributed by atoms with Gasteiger partial charge in [-0.05, 0) is 25.1 Å². The lowest BCUT2D eigenvalue weighted by Crippen LogP contribution is -2.48. The second-order valence-corrected chi connectivity index (χ2v) is 5.06. The largest absolute Gasteiger partial charge is 0.394 e. The Morgan fingerprint density at radius 3 is 3.05 bits per heavy atom. The van der Waals surface area contributed by atoms with Gasteiger partial charge in [0.1, 0.15) is 5.82 Å². The van der Waals surface area contributed by atoms with E-state index in [-0.39, 0.29) is 24.5 Å². The van der Waals surface area contributed by atoms with Gasteiger partial charge in [-0.15, -0.1) is 0 Å². The highest BCUT2D eigenvalue weighted by Gasteiger charge is 2.27. The molecule has 0 bridgehead atoms. The first-order valence-electron chi connectivity index (χ1n) is 7.16. The van der Waals surface area contributed by atoms with Gasteiger partial charge in [-0.3, -0.25) is 0 Å². The molecule has 1 fully saturated rings. The molecule has 112 valence electrons. The fraction of sp³-hybridized carbons (Fsp3) is 0.600. The van der Waals surface area contributed by atoms with E-state index < -0.39 is 0 Å². The van der Waals surface area contributed by atoms with E-state index in [2.05, 4.69) is 5.32 Å². The highest BCUT2D eigenvalue weighted by Crippen LogP contribution is 2.31. The van der Waals surface area contributed by atoms with Crippen LogP contribution < -0.4 is 10.2 Å². The van der Waals surface area contributed by atoms with E-state index in [1.807, 2.05) is 24.8 Å². The minimum Gasteiger partial charge on any atom is -0.394 e. The lowest BCUT2D eigenvalue weighted by atomic mass is 10.0. The minimum absolute atomic E-state index is 0.0383. The molecule has 1 heterocycles. The van der Waals surface area contributed by atoms with E-state index in [0.717, 1.165) is 12.1 Å². The molecule has 4 nitrogen and oxygen atoms in total. The van der Waals surface area contributed by atoms with Crippen LogP contribution in [0, 0.1) is 5.82 Å². The number of aliphatic hydroxyl groups is 1. The molecule has 2 rings (SSSR count). The van der Waals surface area contributed by atoms with E-state index in [1.54, 1.807) is 6.07 Å². The van der Waals surface area contributed by atoms with Crippen molar-refractivity contribution in [2.24, 2.45) is 0 Å². The molecule has 0 spiro atoms. The molecule has 2 atom stereocenters. The molecule has 0 radical (unpaired) electrons. The van der Waals surface area contributed by atoms with E-state index in [1.165, 1.54) is 6.07 Å². The number of nitrogens with zero attached hydrogens (tertiary/aromatic N) is 1. The zero-order valence-corrected chi connectivity index (χ0v) is 12.1. The van der Waals surface area contributed by atoms with Gasteiger partial charge in [0.15, 0.2) is 0 Å². The molecule has 0 aliphatic carbocycles. The predicted molar refractivity (Wildman–Crippen MR) is 77.5 cm³/mol. The first-order valence-corrected chi connectivity index (χ1v) is 7.16. The number of nitrogens with one attached hydrogen (secondary N) is 1. The average molecular weight is 282 g/mol. The third kappa shape index (κ3) is 3.11. The summed E-state index contributed by atoms with van der Waals surface area (Å²) in [6, 6.07) is 5.02. The summed E-state index contributed by atoms with van der Waals surface area (Å²) in [5.41, 5.74) is 1.51. The fourth-order valence-corrected chi connectivity index (χ4v) is 2.70. The van der Waals surface area contributed by atoms with Crippen molar-refractivity contribution in [2.45, 2.75) is 25.9 Å². The summed E-state index contributed by atoms with van der Waals surface area (Å²) in [5, 5.41) is 12.8. The van der Waals surface area contributed by atoms with E-state index in [0.29, 0.717) is 25.4 Å². The predicted octanol–water partition coefficient (Wildman–Crippen LogP) is 1.69. The van der Waals surface area contributed by atoms with Crippen molar-refractivity contribution in [3.05, 3.63) is 29.6 Å². The Morgan fingerprint density at radius 1 is 1.55 bits per heavy atom. The van der Waals surface area contributed by atoms with Gasteiger partial charge in [-0.1, -0.05) is 19.1 Å². The van der Waals surface area contributed by atoms with E-state index in [4.69, 9.17) is 4.74 Å². The number of hydrogen-bond donors (Lipinski definition) is 2. The molecule has 1 aromatic carbocycles. The molecule has 0 aromatic heterocycles. The Bertz CT molecular complexity index is 442. The zero-order valence-electron chi connectivity index (χ0n) is 12.1. The van der Waals surface area contributed by atoms with Gasteiger partial charge in [0.05, 0.1) is 31.5 Å². The molecule has 20 heavy (non-hydrogen) atoms. The van der Waals surface area contributed by atoms with Crippen LogP contribution in [0.15, 0.2) is 18.2 Å². The van der Waals surface area contributed by atoms with Crippen molar-refractivity contribution in [2.75, 3.05) is 37.8 Å². The maximum atomic E-state index is 14.4. The number of rotatable bonds is 5. The van der Waals surface area contributed by atoms with Crippen LogP contribution in [0.2, 0.25) is 0 Å². The molecule has 1 aliphatic rings. The van der Waals surface area contributed by atoms with Gasteiger partial charge in [-0.25, -0.2) is 4.39 Å². The third-order valence-electron chi connectivity index (χ3n) is 3.72. The van der Waals surface area contributed by atoms with Gasteiger partial charge in [0.25, 0.3) is 0 Å². The molecule has 1 saturated heterocycles. The SMILES string of the molecule is CCNC(C)c1cccc(F)c1N1CCOCC1CO. The number of halogens is 1. The van der Waals surface area contributed by atoms with Crippen LogP contribution in [-0.4, -0.2) is 44.1 Å². The summed E-state index contributed by atoms with van der Waals surface area (Å²) in [7, 11) is 0. The van der Waals surface area contributed by atoms with Crippen LogP contribution in [0.5, 0.6) is 0 Å². The lowest BCUT2D eigenvalue weighted by Gasteiger charge is -2.38. The zero-order chi connectivity index (χ0) is 14.5. The Labute approximate surface area is 119 Å². The van der Waals surface area contributed by atoms with Crippen molar-refractivity contribution in [3.63, 3.8) is 0 Å². The van der Waals surface area contributed by atoms with Crippen LogP contribution in [0.1, 0.15) is 25.5 Å². The van der Waals surface area contributed by atoms with Gasteiger partial charge < -0.3 is 20.1 Å². The van der Waals surface area contributed by atoms with Crippen molar-refractivity contribution in [1.82, 2.24) is 5.32 Å². The topological polar surface area (TPSA) is 44.7 Å². The van der Waals surface area contributed by atoms with E-state index in [9.17, 15) is 9.50 Å². The van der Waals surface area contributed by atoms with Crippen LogP contribution >= 0.6 is 0 Å². The molecule has 0 amide bonds. The Hall–Kier alpha value is -1.17. The van der Waals surface area contributed by atoms with Crippen LogP contribution in [-0.2, 0) is 4.74 Å². The maximum Gasteiger partial charge on any atom is 0.146 e. The summed E-state index contributed by atoms with van der Waals surface area (Å²) in [6.07, 6.45) is 0. The van der Waals surface area contributed by atoms with Crippen LogP contribution in [0.3, 0.4) is 0 Å². The molecule has 1 aromatic rings. The quantitative estimate of drug-likeness (QED) is 0.863.